The summed E-state index contributed by atoms with van der Waals surface area (Å²) in [5, 5.41) is 3.59. The molecule has 0 saturated heterocycles. The van der Waals surface area contributed by atoms with Gasteiger partial charge < -0.3 is 10.1 Å². The molecule has 0 fully saturated rings. The van der Waals surface area contributed by atoms with Crippen molar-refractivity contribution in [3.8, 4) is 5.75 Å². The molecule has 0 aliphatic rings. The molecule has 0 aliphatic heterocycles. The Kier molecular flexibility index (Phi) is 8.12. The third-order valence-electron chi connectivity index (χ3n) is 3.31. The van der Waals surface area contributed by atoms with E-state index >= 15 is 0 Å². The van der Waals surface area contributed by atoms with Gasteiger partial charge in [0.15, 0.2) is 6.61 Å². The zero-order chi connectivity index (χ0) is 14.8. The molecule has 20 heavy (non-hydrogen) atoms. The molecule has 112 valence electrons. The Balaban J connectivity index is 2.24. The van der Waals surface area contributed by atoms with Crippen LogP contribution in [-0.2, 0) is 4.79 Å². The molecule has 1 atom stereocenters. The molecule has 0 aliphatic carbocycles. The number of hydrogen-bond acceptors (Lipinski definition) is 2. The molecular weight excluding hydrogens is 274 g/mol. The van der Waals surface area contributed by atoms with Crippen LogP contribution in [0.25, 0.3) is 0 Å². The number of carbonyl (C=O) groups is 1. The third kappa shape index (κ3) is 6.80. The number of halogens is 1. The van der Waals surface area contributed by atoms with Crippen LogP contribution in [0.2, 0.25) is 5.02 Å². The van der Waals surface area contributed by atoms with Gasteiger partial charge in [-0.15, -0.1) is 0 Å². The molecule has 0 bridgehead atoms. The van der Waals surface area contributed by atoms with Crippen LogP contribution >= 0.6 is 11.6 Å². The maximum Gasteiger partial charge on any atom is 0.257 e. The predicted molar refractivity (Wildman–Crippen MR) is 83.3 cm³/mol. The summed E-state index contributed by atoms with van der Waals surface area (Å²) in [5.74, 6) is 1.15. The second kappa shape index (κ2) is 9.65. The highest BCUT2D eigenvalue weighted by Gasteiger charge is 2.08. The summed E-state index contributed by atoms with van der Waals surface area (Å²) in [6, 6.07) is 7.00. The first-order valence-electron chi connectivity index (χ1n) is 7.30. The maximum atomic E-state index is 11.7. The van der Waals surface area contributed by atoms with Crippen LogP contribution < -0.4 is 10.1 Å². The van der Waals surface area contributed by atoms with Gasteiger partial charge in [-0.1, -0.05) is 44.7 Å². The van der Waals surface area contributed by atoms with Crippen molar-refractivity contribution >= 4 is 17.5 Å². The molecule has 4 heteroatoms. The first-order valence-corrected chi connectivity index (χ1v) is 7.68. The van der Waals surface area contributed by atoms with E-state index in [1.165, 1.54) is 19.3 Å². The van der Waals surface area contributed by atoms with Crippen LogP contribution in [0.15, 0.2) is 24.3 Å². The van der Waals surface area contributed by atoms with Crippen LogP contribution in [-0.4, -0.2) is 19.1 Å². The van der Waals surface area contributed by atoms with Crippen LogP contribution in [0.1, 0.15) is 39.5 Å². The quantitative estimate of drug-likeness (QED) is 0.747. The summed E-state index contributed by atoms with van der Waals surface area (Å²) in [6.45, 7) is 5.13. The number of hydrogen-bond donors (Lipinski definition) is 1. The van der Waals surface area contributed by atoms with E-state index in [1.807, 2.05) is 0 Å². The first-order chi connectivity index (χ1) is 9.65. The van der Waals surface area contributed by atoms with Gasteiger partial charge >= 0.3 is 0 Å². The van der Waals surface area contributed by atoms with Crippen molar-refractivity contribution in [3.63, 3.8) is 0 Å². The number of rotatable bonds is 9. The van der Waals surface area contributed by atoms with E-state index in [9.17, 15) is 4.79 Å². The van der Waals surface area contributed by atoms with Crippen molar-refractivity contribution in [2.24, 2.45) is 5.92 Å². The maximum absolute atomic E-state index is 11.7. The monoisotopic (exact) mass is 297 g/mol. The molecule has 0 radical (unpaired) electrons. The Hall–Kier alpha value is -1.22. The molecule has 0 aromatic heterocycles. The van der Waals surface area contributed by atoms with E-state index in [2.05, 4.69) is 19.2 Å². The van der Waals surface area contributed by atoms with E-state index in [1.54, 1.807) is 24.3 Å². The molecule has 0 heterocycles. The fraction of sp³-hybridized carbons (Fsp3) is 0.562. The fourth-order valence-corrected chi connectivity index (χ4v) is 2.06. The highest BCUT2D eigenvalue weighted by Crippen LogP contribution is 2.15. The number of amides is 1. The van der Waals surface area contributed by atoms with Crippen LogP contribution in [0.3, 0.4) is 0 Å². The summed E-state index contributed by atoms with van der Waals surface area (Å²) in [4.78, 5) is 11.7. The Labute approximate surface area is 126 Å². The Bertz CT molecular complexity index is 392. The first kappa shape index (κ1) is 16.8. The van der Waals surface area contributed by atoms with Crippen molar-refractivity contribution in [1.29, 1.82) is 0 Å². The summed E-state index contributed by atoms with van der Waals surface area (Å²) in [6.07, 6.45) is 4.68. The molecule has 1 N–H and O–H groups in total. The van der Waals surface area contributed by atoms with Gasteiger partial charge in [-0.2, -0.15) is 0 Å². The number of carbonyl (C=O) groups excluding carboxylic acids is 1. The second-order valence-electron chi connectivity index (χ2n) is 4.96. The molecule has 1 aromatic rings. The van der Waals surface area contributed by atoms with E-state index in [0.717, 1.165) is 13.0 Å². The number of nitrogens with one attached hydrogen (secondary N) is 1. The van der Waals surface area contributed by atoms with Crippen LogP contribution in [0, 0.1) is 5.92 Å². The van der Waals surface area contributed by atoms with Crippen molar-refractivity contribution < 1.29 is 9.53 Å². The molecule has 1 amide bonds. The highest BCUT2D eigenvalue weighted by molar-refractivity contribution is 6.30. The molecule has 1 rings (SSSR count). The van der Waals surface area contributed by atoms with E-state index in [-0.39, 0.29) is 12.5 Å². The second-order valence-corrected chi connectivity index (χ2v) is 5.40. The van der Waals surface area contributed by atoms with Gasteiger partial charge in [0.1, 0.15) is 5.75 Å². The minimum absolute atomic E-state index is 0.0475. The largest absolute Gasteiger partial charge is 0.484 e. The Morgan fingerprint density at radius 2 is 2.00 bits per heavy atom. The molecule has 0 saturated carbocycles. The number of unbranched alkanes of at least 4 members (excludes halogenated alkanes) is 1. The van der Waals surface area contributed by atoms with Gasteiger partial charge in [0.25, 0.3) is 5.91 Å². The Morgan fingerprint density at radius 3 is 2.60 bits per heavy atom. The zero-order valence-electron chi connectivity index (χ0n) is 12.3. The molecule has 3 nitrogen and oxygen atoms in total. The lowest BCUT2D eigenvalue weighted by atomic mass is 9.99. The lowest BCUT2D eigenvalue weighted by Crippen LogP contribution is -2.33. The zero-order valence-corrected chi connectivity index (χ0v) is 13.1. The average Bonchev–Trinajstić information content (AvgIpc) is 2.47. The van der Waals surface area contributed by atoms with Crippen molar-refractivity contribution in [3.05, 3.63) is 29.3 Å². The normalized spacial score (nSPS) is 11.9. The number of ether oxygens (including phenoxy) is 1. The SMILES string of the molecule is CCCC[C@@H](CC)CNC(=O)COc1ccc(Cl)cc1. The molecular formula is C16H24ClNO2. The topological polar surface area (TPSA) is 38.3 Å². The van der Waals surface area contributed by atoms with E-state index in [4.69, 9.17) is 16.3 Å². The van der Waals surface area contributed by atoms with Gasteiger partial charge in [0.2, 0.25) is 0 Å². The van der Waals surface area contributed by atoms with Crippen LogP contribution in [0.4, 0.5) is 0 Å². The molecule has 0 spiro atoms. The van der Waals surface area contributed by atoms with Gasteiger partial charge in [-0.25, -0.2) is 0 Å². The Morgan fingerprint density at radius 1 is 1.30 bits per heavy atom. The fourth-order valence-electron chi connectivity index (χ4n) is 1.93. The standard InChI is InChI=1S/C16H24ClNO2/c1-3-5-6-13(4-2)11-18-16(19)12-20-15-9-7-14(17)8-10-15/h7-10,13H,3-6,11-12H2,1-2H3,(H,18,19)/t13-/m1/s1. The molecule has 1 aromatic carbocycles. The minimum Gasteiger partial charge on any atom is -0.484 e. The summed E-state index contributed by atoms with van der Waals surface area (Å²) >= 11 is 5.78. The van der Waals surface area contributed by atoms with Gasteiger partial charge in [-0.3, -0.25) is 4.79 Å². The number of benzene rings is 1. The van der Waals surface area contributed by atoms with E-state index in [0.29, 0.717) is 16.7 Å². The summed E-state index contributed by atoms with van der Waals surface area (Å²) < 4.78 is 5.40. The summed E-state index contributed by atoms with van der Waals surface area (Å²) in [5.41, 5.74) is 0. The lowest BCUT2D eigenvalue weighted by molar-refractivity contribution is -0.123. The smallest absolute Gasteiger partial charge is 0.257 e. The minimum atomic E-state index is -0.0742. The van der Waals surface area contributed by atoms with Gasteiger partial charge in [0, 0.05) is 11.6 Å². The van der Waals surface area contributed by atoms with Crippen molar-refractivity contribution in [2.45, 2.75) is 39.5 Å². The predicted octanol–water partition coefficient (Wildman–Crippen LogP) is 4.05. The third-order valence-corrected chi connectivity index (χ3v) is 3.57. The van der Waals surface area contributed by atoms with Crippen molar-refractivity contribution in [1.82, 2.24) is 5.32 Å². The summed E-state index contributed by atoms with van der Waals surface area (Å²) in [7, 11) is 0. The molecule has 0 unspecified atom stereocenters. The highest BCUT2D eigenvalue weighted by atomic mass is 35.5. The van der Waals surface area contributed by atoms with Gasteiger partial charge in [-0.05, 0) is 36.6 Å². The van der Waals surface area contributed by atoms with E-state index < -0.39 is 0 Å². The van der Waals surface area contributed by atoms with Crippen molar-refractivity contribution in [2.75, 3.05) is 13.2 Å². The van der Waals surface area contributed by atoms with Crippen LogP contribution in [0.5, 0.6) is 5.75 Å². The lowest BCUT2D eigenvalue weighted by Gasteiger charge is -2.15. The van der Waals surface area contributed by atoms with Gasteiger partial charge in [0.05, 0.1) is 0 Å². The average molecular weight is 298 g/mol.